The number of hydrogen-bond donors (Lipinski definition) is 3. The van der Waals surface area contributed by atoms with Gasteiger partial charge in [0.25, 0.3) is 0 Å². The number of nitrogens with zero attached hydrogens (tertiary/aromatic N) is 2. The number of aliphatic hydroxyl groups is 1. The van der Waals surface area contributed by atoms with Crippen LogP contribution in [0.25, 0.3) is 0 Å². The third-order valence-electron chi connectivity index (χ3n) is 2.59. The monoisotopic (exact) mass is 278 g/mol. The van der Waals surface area contributed by atoms with Crippen LogP contribution in [0.2, 0.25) is 0 Å². The van der Waals surface area contributed by atoms with Crippen LogP contribution in [0.3, 0.4) is 0 Å². The Kier molecular flexibility index (Phi) is 4.93. The van der Waals surface area contributed by atoms with Crippen molar-refractivity contribution in [3.8, 4) is 0 Å². The quantitative estimate of drug-likeness (QED) is 0.765. The van der Waals surface area contributed by atoms with E-state index in [1.807, 2.05) is 6.92 Å². The predicted molar refractivity (Wildman–Crippen MR) is 66.2 cm³/mol. The van der Waals surface area contributed by atoms with Crippen LogP contribution in [0.1, 0.15) is 18.3 Å². The molecule has 0 aliphatic heterocycles. The molecule has 3 N–H and O–H groups in total. The second kappa shape index (κ2) is 6.05. The maximum atomic E-state index is 12.2. The topological polar surface area (TPSA) is 70.1 Å². The first kappa shape index (κ1) is 15.5. The molecular weight excluding hydrogens is 261 g/mol. The van der Waals surface area contributed by atoms with Gasteiger partial charge in [0.05, 0.1) is 6.54 Å². The van der Waals surface area contributed by atoms with Crippen molar-refractivity contribution < 1.29 is 18.3 Å². The van der Waals surface area contributed by atoms with Crippen molar-refractivity contribution in [2.45, 2.75) is 32.5 Å². The lowest BCUT2D eigenvalue weighted by Crippen LogP contribution is -2.35. The highest BCUT2D eigenvalue weighted by Crippen LogP contribution is 2.23. The molecule has 1 atom stereocenters. The summed E-state index contributed by atoms with van der Waals surface area (Å²) in [4.78, 5) is 8.31. The van der Waals surface area contributed by atoms with E-state index in [9.17, 15) is 13.2 Å². The lowest BCUT2D eigenvalue weighted by atomic mass is 10.2. The van der Waals surface area contributed by atoms with Crippen LogP contribution in [0.5, 0.6) is 0 Å². The van der Waals surface area contributed by atoms with E-state index < -0.39 is 18.8 Å². The van der Waals surface area contributed by atoms with Crippen molar-refractivity contribution in [2.24, 2.45) is 0 Å². The maximum absolute atomic E-state index is 12.2. The van der Waals surface area contributed by atoms with Crippen LogP contribution >= 0.6 is 0 Å². The number of rotatable bonds is 5. The Hall–Kier alpha value is -1.57. The molecule has 1 unspecified atom stereocenters. The van der Waals surface area contributed by atoms with Gasteiger partial charge in [0.2, 0.25) is 0 Å². The van der Waals surface area contributed by atoms with Gasteiger partial charge in [-0.25, -0.2) is 9.97 Å². The van der Waals surface area contributed by atoms with Crippen molar-refractivity contribution >= 4 is 11.6 Å². The molecule has 5 nitrogen and oxygen atoms in total. The van der Waals surface area contributed by atoms with Crippen LogP contribution < -0.4 is 10.6 Å². The number of hydrogen-bond acceptors (Lipinski definition) is 5. The van der Waals surface area contributed by atoms with Crippen molar-refractivity contribution in [3.05, 3.63) is 11.4 Å². The molecule has 8 heteroatoms. The lowest BCUT2D eigenvalue weighted by Gasteiger charge is -2.17. The Morgan fingerprint density at radius 3 is 2.32 bits per heavy atom. The van der Waals surface area contributed by atoms with Crippen LogP contribution in [0.4, 0.5) is 24.8 Å². The van der Waals surface area contributed by atoms with E-state index in [-0.39, 0.29) is 0 Å². The van der Waals surface area contributed by atoms with E-state index >= 15 is 0 Å². The molecule has 1 heterocycles. The van der Waals surface area contributed by atoms with Crippen LogP contribution in [-0.4, -0.2) is 40.9 Å². The van der Waals surface area contributed by atoms with Gasteiger partial charge in [0.15, 0.2) is 6.10 Å². The highest BCUT2D eigenvalue weighted by atomic mass is 19.4. The first-order valence-electron chi connectivity index (χ1n) is 5.83. The molecule has 0 saturated heterocycles. The number of aliphatic hydroxyl groups excluding tert-OH is 1. The van der Waals surface area contributed by atoms with Crippen molar-refractivity contribution in [1.29, 1.82) is 0 Å². The highest BCUT2D eigenvalue weighted by Gasteiger charge is 2.38. The summed E-state index contributed by atoms with van der Waals surface area (Å²) in [7, 11) is 1.67. The van der Waals surface area contributed by atoms with Crippen molar-refractivity contribution in [1.82, 2.24) is 9.97 Å². The van der Waals surface area contributed by atoms with Gasteiger partial charge in [-0.2, -0.15) is 13.2 Å². The Labute approximate surface area is 109 Å². The van der Waals surface area contributed by atoms with E-state index in [2.05, 4.69) is 20.6 Å². The van der Waals surface area contributed by atoms with E-state index in [1.54, 1.807) is 14.0 Å². The minimum absolute atomic E-state index is 0.291. The van der Waals surface area contributed by atoms with Crippen LogP contribution in [0, 0.1) is 6.92 Å². The fraction of sp³-hybridized carbons (Fsp3) is 0.636. The van der Waals surface area contributed by atoms with Gasteiger partial charge in [0.1, 0.15) is 17.5 Å². The molecule has 19 heavy (non-hydrogen) atoms. The molecule has 0 spiro atoms. The van der Waals surface area contributed by atoms with Gasteiger partial charge in [-0.05, 0) is 6.92 Å². The van der Waals surface area contributed by atoms with Gasteiger partial charge in [-0.1, -0.05) is 6.92 Å². The fourth-order valence-corrected chi connectivity index (χ4v) is 1.45. The summed E-state index contributed by atoms with van der Waals surface area (Å²) in [6, 6.07) is 0. The summed E-state index contributed by atoms with van der Waals surface area (Å²) >= 11 is 0. The van der Waals surface area contributed by atoms with E-state index in [1.165, 1.54) is 0 Å². The zero-order valence-corrected chi connectivity index (χ0v) is 11.0. The first-order chi connectivity index (χ1) is 8.79. The second-order valence-corrected chi connectivity index (χ2v) is 4.00. The molecule has 0 radical (unpaired) electrons. The number of aromatic nitrogens is 2. The Balaban J connectivity index is 2.89. The maximum Gasteiger partial charge on any atom is 0.416 e. The minimum atomic E-state index is -4.65. The Morgan fingerprint density at radius 1 is 1.26 bits per heavy atom. The molecule has 1 aromatic heterocycles. The SMILES string of the molecule is CCc1nc(NC)c(C)c(NCC(O)C(F)(F)F)n1. The summed E-state index contributed by atoms with van der Waals surface area (Å²) in [6.07, 6.45) is -6.51. The van der Waals surface area contributed by atoms with Gasteiger partial charge in [-0.15, -0.1) is 0 Å². The Morgan fingerprint density at radius 2 is 1.84 bits per heavy atom. The standard InChI is InChI=1S/C11H17F3N4O/c1-4-8-17-9(15-3)6(2)10(18-8)16-5-7(19)11(12,13)14/h7,19H,4-5H2,1-3H3,(H2,15,16,17,18). The first-order valence-corrected chi connectivity index (χ1v) is 5.83. The average molecular weight is 278 g/mol. The number of anilines is 2. The van der Waals surface area contributed by atoms with E-state index in [0.29, 0.717) is 29.4 Å². The molecule has 0 fully saturated rings. The predicted octanol–water partition coefficient (Wildman–Crippen LogP) is 1.72. The zero-order valence-electron chi connectivity index (χ0n) is 11.0. The zero-order chi connectivity index (χ0) is 14.6. The van der Waals surface area contributed by atoms with Crippen LogP contribution in [-0.2, 0) is 6.42 Å². The van der Waals surface area contributed by atoms with E-state index in [0.717, 1.165) is 0 Å². The smallest absolute Gasteiger partial charge is 0.382 e. The molecule has 0 amide bonds. The second-order valence-electron chi connectivity index (χ2n) is 4.00. The minimum Gasteiger partial charge on any atom is -0.382 e. The molecule has 0 aliphatic rings. The molecule has 1 aromatic rings. The molecule has 108 valence electrons. The Bertz CT molecular complexity index is 437. The summed E-state index contributed by atoms with van der Waals surface area (Å²) in [5.74, 6) is 1.36. The number of alkyl halides is 3. The van der Waals surface area contributed by atoms with E-state index in [4.69, 9.17) is 5.11 Å². The number of halogens is 3. The van der Waals surface area contributed by atoms with Crippen molar-refractivity contribution in [2.75, 3.05) is 24.2 Å². The summed E-state index contributed by atoms with van der Waals surface area (Å²) in [5, 5.41) is 14.3. The lowest BCUT2D eigenvalue weighted by molar-refractivity contribution is -0.198. The molecule has 0 bridgehead atoms. The third kappa shape index (κ3) is 3.95. The molecule has 0 aliphatic carbocycles. The summed E-state index contributed by atoms with van der Waals surface area (Å²) in [6.45, 7) is 2.89. The third-order valence-corrected chi connectivity index (χ3v) is 2.59. The van der Waals surface area contributed by atoms with Gasteiger partial charge < -0.3 is 15.7 Å². The summed E-state index contributed by atoms with van der Waals surface area (Å²) in [5.41, 5.74) is 0.606. The highest BCUT2D eigenvalue weighted by molar-refractivity contribution is 5.57. The number of aryl methyl sites for hydroxylation is 1. The normalized spacial score (nSPS) is 13.2. The largest absolute Gasteiger partial charge is 0.416 e. The summed E-state index contributed by atoms with van der Waals surface area (Å²) < 4.78 is 36.6. The molecule has 0 aromatic carbocycles. The van der Waals surface area contributed by atoms with Crippen molar-refractivity contribution in [3.63, 3.8) is 0 Å². The fourth-order valence-electron chi connectivity index (χ4n) is 1.45. The van der Waals surface area contributed by atoms with Gasteiger partial charge in [0, 0.05) is 19.0 Å². The van der Waals surface area contributed by atoms with Crippen LogP contribution in [0.15, 0.2) is 0 Å². The molecular formula is C11H17F3N4O. The number of nitrogens with one attached hydrogen (secondary N) is 2. The van der Waals surface area contributed by atoms with Gasteiger partial charge in [-0.3, -0.25) is 0 Å². The van der Waals surface area contributed by atoms with Gasteiger partial charge >= 0.3 is 6.18 Å². The average Bonchev–Trinajstić information content (AvgIpc) is 2.36. The molecule has 1 rings (SSSR count). The molecule has 0 saturated carbocycles.